The van der Waals surface area contributed by atoms with E-state index in [1.54, 1.807) is 20.3 Å². The summed E-state index contributed by atoms with van der Waals surface area (Å²) in [5.74, 6) is 1.03. The van der Waals surface area contributed by atoms with Gasteiger partial charge < -0.3 is 20.1 Å². The summed E-state index contributed by atoms with van der Waals surface area (Å²) in [6.45, 7) is 2.20. The van der Waals surface area contributed by atoms with Crippen LogP contribution in [0.1, 0.15) is 17.5 Å². The summed E-state index contributed by atoms with van der Waals surface area (Å²) in [6.07, 6.45) is 0.0951. The molecule has 2 N–H and O–H groups in total. The monoisotopic (exact) mass is 447 g/mol. The molecule has 0 aliphatic carbocycles. The number of methoxy groups -OCH3 is 2. The highest BCUT2D eigenvalue weighted by Crippen LogP contribution is 2.24. The van der Waals surface area contributed by atoms with Crippen LogP contribution >= 0.6 is 0 Å². The fourth-order valence-corrected chi connectivity index (χ4v) is 4.18. The number of carbonyl (C=O) groups excluding carboxylic acids is 2. The molecule has 1 aliphatic rings. The second kappa shape index (κ2) is 10.4. The maximum Gasteiger partial charge on any atom is 0.237 e. The molecule has 7 heteroatoms. The van der Waals surface area contributed by atoms with Gasteiger partial charge in [-0.15, -0.1) is 0 Å². The number of hydrogen-bond donors (Lipinski definition) is 2. The van der Waals surface area contributed by atoms with Crippen LogP contribution in [-0.2, 0) is 22.7 Å². The fraction of sp³-hybridized carbons (Fsp3) is 0.308. The number of nitrogens with one attached hydrogen (secondary N) is 2. The number of carbonyl (C=O) groups is 2. The molecule has 1 heterocycles. The molecule has 33 heavy (non-hydrogen) atoms. The Kier molecular flexibility index (Phi) is 7.10. The van der Waals surface area contributed by atoms with Crippen molar-refractivity contribution < 1.29 is 19.1 Å². The normalized spacial score (nSPS) is 16.3. The number of nitrogens with zero attached hydrogens (tertiary/aromatic N) is 1. The van der Waals surface area contributed by atoms with Crippen molar-refractivity contribution in [1.82, 2.24) is 15.5 Å². The van der Waals surface area contributed by atoms with E-state index >= 15 is 0 Å². The van der Waals surface area contributed by atoms with Gasteiger partial charge in [0.2, 0.25) is 11.8 Å². The first kappa shape index (κ1) is 22.6. The minimum Gasteiger partial charge on any atom is -0.497 e. The lowest BCUT2D eigenvalue weighted by Crippen LogP contribution is -2.56. The van der Waals surface area contributed by atoms with Gasteiger partial charge in [0.1, 0.15) is 11.5 Å². The van der Waals surface area contributed by atoms with Crippen LogP contribution in [0.5, 0.6) is 11.5 Å². The van der Waals surface area contributed by atoms with Crippen molar-refractivity contribution >= 4 is 22.6 Å². The molecular weight excluding hydrogens is 418 g/mol. The summed E-state index contributed by atoms with van der Waals surface area (Å²) in [7, 11) is 3.17. The Bertz CT molecular complexity index is 1150. The molecule has 172 valence electrons. The van der Waals surface area contributed by atoms with E-state index in [1.165, 1.54) is 10.8 Å². The first-order valence-electron chi connectivity index (χ1n) is 11.0. The molecule has 1 unspecified atom stereocenters. The third kappa shape index (κ3) is 5.43. The maximum atomic E-state index is 12.7. The molecule has 1 atom stereocenters. The van der Waals surface area contributed by atoms with Gasteiger partial charge in [-0.05, 0) is 34.5 Å². The van der Waals surface area contributed by atoms with Gasteiger partial charge in [-0.3, -0.25) is 14.5 Å². The third-order valence-electron chi connectivity index (χ3n) is 5.99. The van der Waals surface area contributed by atoms with Crippen molar-refractivity contribution in [1.29, 1.82) is 0 Å². The largest absolute Gasteiger partial charge is 0.497 e. The number of rotatable bonds is 8. The van der Waals surface area contributed by atoms with Gasteiger partial charge in [0, 0.05) is 37.8 Å². The van der Waals surface area contributed by atoms with Crippen molar-refractivity contribution in [2.24, 2.45) is 0 Å². The zero-order chi connectivity index (χ0) is 23.2. The van der Waals surface area contributed by atoms with Crippen LogP contribution < -0.4 is 20.1 Å². The molecule has 0 saturated carbocycles. The highest BCUT2D eigenvalue weighted by atomic mass is 16.5. The Morgan fingerprint density at radius 1 is 1.06 bits per heavy atom. The Balaban J connectivity index is 1.41. The number of hydrogen-bond acceptors (Lipinski definition) is 5. The molecule has 0 bridgehead atoms. The average molecular weight is 448 g/mol. The smallest absolute Gasteiger partial charge is 0.237 e. The third-order valence-corrected chi connectivity index (χ3v) is 5.99. The summed E-state index contributed by atoms with van der Waals surface area (Å²) in [4.78, 5) is 27.4. The van der Waals surface area contributed by atoms with E-state index in [9.17, 15) is 9.59 Å². The van der Waals surface area contributed by atoms with E-state index < -0.39 is 6.04 Å². The minimum atomic E-state index is -0.511. The second-order valence-corrected chi connectivity index (χ2v) is 8.12. The Morgan fingerprint density at radius 3 is 2.67 bits per heavy atom. The first-order valence-corrected chi connectivity index (χ1v) is 11.0. The lowest BCUT2D eigenvalue weighted by molar-refractivity contribution is -0.134. The first-order chi connectivity index (χ1) is 16.1. The van der Waals surface area contributed by atoms with Crippen molar-refractivity contribution in [3.05, 3.63) is 71.8 Å². The SMILES string of the molecule is COc1ccc(CNC(=O)CC2C(=O)NCCN2Cc2ccc3ccccc3c2)c(OC)c1. The highest BCUT2D eigenvalue weighted by Gasteiger charge is 2.31. The molecule has 0 aromatic heterocycles. The molecule has 1 saturated heterocycles. The summed E-state index contributed by atoms with van der Waals surface area (Å²) in [5.41, 5.74) is 1.96. The molecule has 1 fully saturated rings. The van der Waals surface area contributed by atoms with Gasteiger partial charge >= 0.3 is 0 Å². The molecule has 2 amide bonds. The van der Waals surface area contributed by atoms with E-state index in [0.29, 0.717) is 37.7 Å². The van der Waals surface area contributed by atoms with E-state index in [0.717, 1.165) is 11.1 Å². The minimum absolute atomic E-state index is 0.0951. The van der Waals surface area contributed by atoms with Crippen LogP contribution in [0.3, 0.4) is 0 Å². The van der Waals surface area contributed by atoms with Gasteiger partial charge in [-0.1, -0.05) is 36.4 Å². The van der Waals surface area contributed by atoms with Gasteiger partial charge in [0.15, 0.2) is 0 Å². The molecule has 0 radical (unpaired) electrons. The zero-order valence-electron chi connectivity index (χ0n) is 19.0. The van der Waals surface area contributed by atoms with Gasteiger partial charge in [0.05, 0.1) is 26.7 Å². The Labute approximate surface area is 193 Å². The summed E-state index contributed by atoms with van der Waals surface area (Å²) >= 11 is 0. The predicted molar refractivity (Wildman–Crippen MR) is 127 cm³/mol. The molecular formula is C26H29N3O4. The molecule has 4 rings (SSSR count). The quantitative estimate of drug-likeness (QED) is 0.555. The molecule has 3 aromatic carbocycles. The van der Waals surface area contributed by atoms with Crippen molar-refractivity contribution in [2.45, 2.75) is 25.6 Å². The van der Waals surface area contributed by atoms with Crippen molar-refractivity contribution in [2.75, 3.05) is 27.3 Å². The summed E-state index contributed by atoms with van der Waals surface area (Å²) in [6, 6.07) is 19.5. The highest BCUT2D eigenvalue weighted by molar-refractivity contribution is 5.89. The van der Waals surface area contributed by atoms with Crippen LogP contribution in [0.4, 0.5) is 0 Å². The van der Waals surface area contributed by atoms with Crippen LogP contribution in [0.25, 0.3) is 10.8 Å². The predicted octanol–water partition coefficient (Wildman–Crippen LogP) is 2.86. The number of benzene rings is 3. The number of amides is 2. The van der Waals surface area contributed by atoms with Crippen LogP contribution in [0.15, 0.2) is 60.7 Å². The lowest BCUT2D eigenvalue weighted by Gasteiger charge is -2.34. The van der Waals surface area contributed by atoms with Gasteiger partial charge in [-0.25, -0.2) is 0 Å². The average Bonchev–Trinajstić information content (AvgIpc) is 2.84. The fourth-order valence-electron chi connectivity index (χ4n) is 4.18. The maximum absolute atomic E-state index is 12.7. The lowest BCUT2D eigenvalue weighted by atomic mass is 10.0. The summed E-state index contributed by atoms with van der Waals surface area (Å²) in [5, 5.41) is 8.16. The van der Waals surface area contributed by atoms with Crippen LogP contribution in [0, 0.1) is 0 Å². The summed E-state index contributed by atoms with van der Waals surface area (Å²) < 4.78 is 10.6. The number of piperazine rings is 1. The van der Waals surface area contributed by atoms with Crippen molar-refractivity contribution in [3.8, 4) is 11.5 Å². The standard InChI is InChI=1S/C26H29N3O4/c1-32-22-10-9-21(24(14-22)33-2)16-28-25(30)15-23-26(31)27-11-12-29(23)17-18-7-8-19-5-3-4-6-20(19)13-18/h3-10,13-14,23H,11-12,15-17H2,1-2H3,(H,27,31)(H,28,30). The molecule has 7 nitrogen and oxygen atoms in total. The Morgan fingerprint density at radius 2 is 1.88 bits per heavy atom. The molecule has 3 aromatic rings. The topological polar surface area (TPSA) is 79.9 Å². The molecule has 1 aliphatic heterocycles. The van der Waals surface area contributed by atoms with E-state index in [2.05, 4.69) is 45.9 Å². The van der Waals surface area contributed by atoms with E-state index in [1.807, 2.05) is 24.3 Å². The van der Waals surface area contributed by atoms with E-state index in [4.69, 9.17) is 9.47 Å². The van der Waals surface area contributed by atoms with Crippen molar-refractivity contribution in [3.63, 3.8) is 0 Å². The molecule has 0 spiro atoms. The van der Waals surface area contributed by atoms with E-state index in [-0.39, 0.29) is 18.2 Å². The van der Waals surface area contributed by atoms with Gasteiger partial charge in [0.25, 0.3) is 0 Å². The van der Waals surface area contributed by atoms with Gasteiger partial charge in [-0.2, -0.15) is 0 Å². The second-order valence-electron chi connectivity index (χ2n) is 8.12. The zero-order valence-corrected chi connectivity index (χ0v) is 19.0. The van der Waals surface area contributed by atoms with Crippen LogP contribution in [0.2, 0.25) is 0 Å². The van der Waals surface area contributed by atoms with Crippen LogP contribution in [-0.4, -0.2) is 50.1 Å². The number of ether oxygens (including phenoxy) is 2. The number of fused-ring (bicyclic) bond motifs is 1. The Hall–Kier alpha value is -3.58.